The highest BCUT2D eigenvalue weighted by Crippen LogP contribution is 2.50. The number of anilines is 1. The Bertz CT molecular complexity index is 1340. The van der Waals surface area contributed by atoms with Crippen LogP contribution in [0, 0.1) is 12.3 Å². The number of hydrogen-bond acceptors (Lipinski definition) is 4. The first-order chi connectivity index (χ1) is 16.7. The average Bonchev–Trinajstić information content (AvgIpc) is 3.12. The number of amides is 1. The van der Waals surface area contributed by atoms with Crippen molar-refractivity contribution in [3.63, 3.8) is 0 Å². The SMILES string of the molecule is COc1ccc(N2C(=O)CC(c3c(C)nn(-c4ccccc4)c3Cl)C3=C2CC(C)(C)CC3=O)cc1. The number of hydrogen-bond donors (Lipinski definition) is 0. The smallest absolute Gasteiger partial charge is 0.232 e. The molecule has 2 heterocycles. The number of benzene rings is 2. The monoisotopic (exact) mass is 489 g/mol. The van der Waals surface area contributed by atoms with Gasteiger partial charge in [0, 0.05) is 41.3 Å². The van der Waals surface area contributed by atoms with Crippen molar-refractivity contribution in [1.82, 2.24) is 9.78 Å². The van der Waals surface area contributed by atoms with Crippen LogP contribution in [0.2, 0.25) is 5.15 Å². The van der Waals surface area contributed by atoms with E-state index < -0.39 is 5.92 Å². The zero-order valence-corrected chi connectivity index (χ0v) is 21.1. The average molecular weight is 490 g/mol. The third-order valence-electron chi connectivity index (χ3n) is 6.87. The van der Waals surface area contributed by atoms with Gasteiger partial charge in [0.05, 0.1) is 18.5 Å². The number of Topliss-reactive ketones (excluding diaryl/α,β-unsaturated/α-hetero) is 1. The molecule has 0 saturated heterocycles. The number of ketones is 1. The fourth-order valence-electron chi connectivity index (χ4n) is 5.34. The highest BCUT2D eigenvalue weighted by molar-refractivity contribution is 6.31. The summed E-state index contributed by atoms with van der Waals surface area (Å²) in [6.45, 7) is 6.03. The summed E-state index contributed by atoms with van der Waals surface area (Å²) in [5, 5.41) is 5.12. The van der Waals surface area contributed by atoms with Crippen LogP contribution in [0.5, 0.6) is 5.75 Å². The van der Waals surface area contributed by atoms with E-state index in [1.165, 1.54) is 0 Å². The van der Waals surface area contributed by atoms with E-state index in [0.29, 0.717) is 29.3 Å². The molecular weight excluding hydrogens is 462 g/mol. The van der Waals surface area contributed by atoms with Gasteiger partial charge in [-0.3, -0.25) is 14.5 Å². The summed E-state index contributed by atoms with van der Waals surface area (Å²) in [6, 6.07) is 17.0. The van der Waals surface area contributed by atoms with E-state index in [2.05, 4.69) is 18.9 Å². The minimum absolute atomic E-state index is 0.0626. The molecule has 5 rings (SSSR count). The minimum atomic E-state index is -0.430. The van der Waals surface area contributed by atoms with Gasteiger partial charge in [0.15, 0.2) is 5.78 Å². The topological polar surface area (TPSA) is 64.4 Å². The van der Waals surface area contributed by atoms with Crippen LogP contribution < -0.4 is 9.64 Å². The normalized spacial score (nSPS) is 19.7. The van der Waals surface area contributed by atoms with Crippen molar-refractivity contribution < 1.29 is 14.3 Å². The lowest BCUT2D eigenvalue weighted by atomic mass is 9.69. The van der Waals surface area contributed by atoms with Crippen LogP contribution in [0.1, 0.15) is 50.3 Å². The standard InChI is InChI=1S/C28H28ClN3O3/c1-17-25(27(29)32(30-17)19-8-6-5-7-9-19)21-14-24(34)31(18-10-12-20(35-4)13-11-18)22-15-28(2,3)16-23(33)26(21)22/h5-13,21H,14-16H2,1-4H3. The lowest BCUT2D eigenvalue weighted by molar-refractivity contribution is -0.121. The third kappa shape index (κ3) is 4.06. The van der Waals surface area contributed by atoms with Gasteiger partial charge in [0.2, 0.25) is 5.91 Å². The second-order valence-corrected chi connectivity index (χ2v) is 10.4. The molecule has 1 aliphatic carbocycles. The van der Waals surface area contributed by atoms with E-state index >= 15 is 0 Å². The lowest BCUT2D eigenvalue weighted by Crippen LogP contribution is -2.43. The highest BCUT2D eigenvalue weighted by Gasteiger charge is 2.45. The fourth-order valence-corrected chi connectivity index (χ4v) is 5.74. The van der Waals surface area contributed by atoms with Gasteiger partial charge in [-0.1, -0.05) is 43.6 Å². The van der Waals surface area contributed by atoms with Gasteiger partial charge in [-0.15, -0.1) is 0 Å². The Hall–Kier alpha value is -3.38. The van der Waals surface area contributed by atoms with Crippen LogP contribution in [0.25, 0.3) is 5.69 Å². The zero-order chi connectivity index (χ0) is 24.9. The molecule has 6 nitrogen and oxygen atoms in total. The Balaban J connectivity index is 1.67. The van der Waals surface area contributed by atoms with Crippen LogP contribution in [0.4, 0.5) is 5.69 Å². The number of rotatable bonds is 4. The van der Waals surface area contributed by atoms with Gasteiger partial charge in [0.1, 0.15) is 10.9 Å². The maximum absolute atomic E-state index is 13.7. The third-order valence-corrected chi connectivity index (χ3v) is 7.23. The number of aryl methyl sites for hydroxylation is 1. The molecule has 2 aliphatic rings. The number of para-hydroxylation sites is 1. The van der Waals surface area contributed by atoms with Crippen LogP contribution in [0.3, 0.4) is 0 Å². The largest absolute Gasteiger partial charge is 0.497 e. The van der Waals surface area contributed by atoms with Gasteiger partial charge < -0.3 is 4.74 Å². The van der Waals surface area contributed by atoms with Crippen molar-refractivity contribution >= 4 is 29.0 Å². The molecule has 7 heteroatoms. The molecule has 2 aromatic carbocycles. The highest BCUT2D eigenvalue weighted by atomic mass is 35.5. The van der Waals surface area contributed by atoms with E-state index in [1.807, 2.05) is 61.5 Å². The predicted octanol–water partition coefficient (Wildman–Crippen LogP) is 6.01. The molecule has 180 valence electrons. The van der Waals surface area contributed by atoms with Gasteiger partial charge in [-0.25, -0.2) is 4.68 Å². The molecule has 3 aromatic rings. The number of carbonyl (C=O) groups is 2. The molecule has 0 fully saturated rings. The summed E-state index contributed by atoms with van der Waals surface area (Å²) in [4.78, 5) is 29.0. The quantitative estimate of drug-likeness (QED) is 0.450. The maximum atomic E-state index is 13.7. The molecule has 0 radical (unpaired) electrons. The number of methoxy groups -OCH3 is 1. The van der Waals surface area contributed by atoms with Gasteiger partial charge in [-0.2, -0.15) is 5.10 Å². The Morgan fingerprint density at radius 1 is 1.00 bits per heavy atom. The summed E-state index contributed by atoms with van der Waals surface area (Å²) in [5.74, 6) is 0.282. The number of aromatic nitrogens is 2. The molecule has 0 spiro atoms. The molecular formula is C28H28ClN3O3. The number of halogens is 1. The first-order valence-corrected chi connectivity index (χ1v) is 12.1. The molecule has 1 amide bonds. The van der Waals surface area contributed by atoms with Crippen LogP contribution in [-0.2, 0) is 9.59 Å². The fraction of sp³-hybridized carbons (Fsp3) is 0.321. The summed E-state index contributed by atoms with van der Waals surface area (Å²) >= 11 is 6.89. The van der Waals surface area contributed by atoms with E-state index in [0.717, 1.165) is 28.3 Å². The second kappa shape index (κ2) is 8.68. The van der Waals surface area contributed by atoms with Crippen LogP contribution >= 0.6 is 11.6 Å². The van der Waals surface area contributed by atoms with Gasteiger partial charge in [-0.05, 0) is 55.2 Å². The van der Waals surface area contributed by atoms with Crippen LogP contribution in [0.15, 0.2) is 65.9 Å². The molecule has 35 heavy (non-hydrogen) atoms. The Labute approximate surface area is 210 Å². The van der Waals surface area contributed by atoms with Gasteiger partial charge in [0.25, 0.3) is 0 Å². The van der Waals surface area contributed by atoms with Crippen molar-refractivity contribution in [2.45, 2.75) is 46.0 Å². The number of allylic oxidation sites excluding steroid dienone is 2. The molecule has 0 N–H and O–H groups in total. The number of nitrogens with zero attached hydrogens (tertiary/aromatic N) is 3. The Kier molecular flexibility index (Phi) is 5.80. The molecule has 0 saturated carbocycles. The van der Waals surface area contributed by atoms with Crippen LogP contribution in [-0.4, -0.2) is 28.6 Å². The van der Waals surface area contributed by atoms with E-state index in [-0.39, 0.29) is 23.5 Å². The molecule has 0 bridgehead atoms. The predicted molar refractivity (Wildman–Crippen MR) is 136 cm³/mol. The Morgan fingerprint density at radius 3 is 2.34 bits per heavy atom. The zero-order valence-electron chi connectivity index (χ0n) is 20.3. The van der Waals surface area contributed by atoms with Crippen molar-refractivity contribution in [2.24, 2.45) is 5.41 Å². The van der Waals surface area contributed by atoms with Crippen molar-refractivity contribution in [3.05, 3.63) is 82.3 Å². The summed E-state index contributed by atoms with van der Waals surface area (Å²) in [6.07, 6.45) is 1.19. The van der Waals surface area contributed by atoms with E-state index in [4.69, 9.17) is 16.3 Å². The van der Waals surface area contributed by atoms with Gasteiger partial charge >= 0.3 is 0 Å². The summed E-state index contributed by atoms with van der Waals surface area (Å²) in [7, 11) is 1.61. The van der Waals surface area contributed by atoms with Crippen molar-refractivity contribution in [3.8, 4) is 11.4 Å². The first kappa shape index (κ1) is 23.4. The number of ether oxygens (including phenoxy) is 1. The first-order valence-electron chi connectivity index (χ1n) is 11.7. The van der Waals surface area contributed by atoms with E-state index in [1.54, 1.807) is 16.7 Å². The number of carbonyl (C=O) groups excluding carboxylic acids is 2. The summed E-state index contributed by atoms with van der Waals surface area (Å²) < 4.78 is 6.97. The van der Waals surface area contributed by atoms with E-state index in [9.17, 15) is 9.59 Å². The molecule has 1 aliphatic heterocycles. The minimum Gasteiger partial charge on any atom is -0.497 e. The molecule has 1 atom stereocenters. The Morgan fingerprint density at radius 2 is 1.69 bits per heavy atom. The van der Waals surface area contributed by atoms with Crippen molar-refractivity contribution in [2.75, 3.05) is 12.0 Å². The van der Waals surface area contributed by atoms with Crippen molar-refractivity contribution in [1.29, 1.82) is 0 Å². The lowest BCUT2D eigenvalue weighted by Gasteiger charge is -2.42. The maximum Gasteiger partial charge on any atom is 0.232 e. The second-order valence-electron chi connectivity index (χ2n) is 10.0. The summed E-state index contributed by atoms with van der Waals surface area (Å²) in [5.41, 5.74) is 4.22. The molecule has 1 aromatic heterocycles. The molecule has 1 unspecified atom stereocenters.